The minimum Gasteiger partial charge on any atom is -0.497 e. The molecule has 2 amide bonds. The Hall–Kier alpha value is -3.35. The van der Waals surface area contributed by atoms with E-state index in [0.717, 1.165) is 35.4 Å². The maximum absolute atomic E-state index is 12.6. The van der Waals surface area contributed by atoms with Crippen LogP contribution in [0.4, 0.5) is 5.69 Å². The van der Waals surface area contributed by atoms with E-state index >= 15 is 0 Å². The molecule has 0 atom stereocenters. The normalized spacial score (nSPS) is 13.2. The summed E-state index contributed by atoms with van der Waals surface area (Å²) in [7, 11) is 1.60. The Labute approximate surface area is 188 Å². The number of hydrogen-bond acceptors (Lipinski definition) is 5. The van der Waals surface area contributed by atoms with Gasteiger partial charge >= 0.3 is 5.97 Å². The van der Waals surface area contributed by atoms with Crippen molar-refractivity contribution in [1.29, 1.82) is 0 Å². The van der Waals surface area contributed by atoms with Gasteiger partial charge in [-0.1, -0.05) is 32.9 Å². The third kappa shape index (κ3) is 5.66. The van der Waals surface area contributed by atoms with Gasteiger partial charge in [0.25, 0.3) is 11.8 Å². The van der Waals surface area contributed by atoms with Crippen LogP contribution in [0.3, 0.4) is 0 Å². The smallest absolute Gasteiger partial charge is 0.325 e. The number of hydrogen-bond donors (Lipinski definition) is 1. The third-order valence-corrected chi connectivity index (χ3v) is 5.47. The molecule has 2 aromatic carbocycles. The van der Waals surface area contributed by atoms with Gasteiger partial charge in [0.2, 0.25) is 0 Å². The van der Waals surface area contributed by atoms with Crippen LogP contribution in [-0.4, -0.2) is 44.6 Å². The highest BCUT2D eigenvalue weighted by molar-refractivity contribution is 5.98. The molecule has 7 nitrogen and oxygen atoms in total. The van der Waals surface area contributed by atoms with Gasteiger partial charge in [0.15, 0.2) is 6.61 Å². The van der Waals surface area contributed by atoms with Crippen LogP contribution in [0.15, 0.2) is 42.5 Å². The van der Waals surface area contributed by atoms with Crippen LogP contribution in [0.25, 0.3) is 0 Å². The molecule has 2 aromatic rings. The highest BCUT2D eigenvalue weighted by Crippen LogP contribution is 2.30. The Morgan fingerprint density at radius 2 is 1.78 bits per heavy atom. The summed E-state index contributed by atoms with van der Waals surface area (Å²) in [6.07, 6.45) is 1.68. The van der Waals surface area contributed by atoms with Crippen LogP contribution in [0.2, 0.25) is 0 Å². The van der Waals surface area contributed by atoms with Crippen LogP contribution in [0.1, 0.15) is 48.7 Å². The van der Waals surface area contributed by atoms with Crippen LogP contribution >= 0.6 is 0 Å². The number of amides is 2. The summed E-state index contributed by atoms with van der Waals surface area (Å²) in [5, 5.41) is 2.54. The second kappa shape index (κ2) is 9.85. The number of nitrogens with zero attached hydrogens (tertiary/aromatic N) is 1. The van der Waals surface area contributed by atoms with E-state index in [0.29, 0.717) is 12.1 Å². The molecule has 1 heterocycles. The Kier molecular flexibility index (Phi) is 7.18. The largest absolute Gasteiger partial charge is 0.497 e. The van der Waals surface area contributed by atoms with Gasteiger partial charge in [-0.05, 0) is 59.7 Å². The number of rotatable bonds is 6. The first-order valence-electron chi connectivity index (χ1n) is 10.7. The van der Waals surface area contributed by atoms with Gasteiger partial charge in [0.1, 0.15) is 12.3 Å². The van der Waals surface area contributed by atoms with E-state index in [-0.39, 0.29) is 30.4 Å². The van der Waals surface area contributed by atoms with E-state index < -0.39 is 5.97 Å². The van der Waals surface area contributed by atoms with Crippen molar-refractivity contribution in [2.45, 2.75) is 39.0 Å². The number of carbonyl (C=O) groups is 3. The SMILES string of the molecule is COc1ccc2c(c1)CCCN2C(=O)COC(=O)CNC(=O)c1ccc(C(C)(C)C)cc1. The lowest BCUT2D eigenvalue weighted by molar-refractivity contribution is -0.146. The van der Waals surface area contributed by atoms with Gasteiger partial charge in [-0.3, -0.25) is 14.4 Å². The number of ether oxygens (including phenoxy) is 2. The zero-order chi connectivity index (χ0) is 23.3. The first kappa shape index (κ1) is 23.3. The van der Waals surface area contributed by atoms with Crippen molar-refractivity contribution in [3.63, 3.8) is 0 Å². The predicted octanol–water partition coefficient (Wildman–Crippen LogP) is 3.25. The van der Waals surface area contributed by atoms with Crippen molar-refractivity contribution in [2.75, 3.05) is 31.7 Å². The fourth-order valence-corrected chi connectivity index (χ4v) is 3.61. The molecule has 0 unspecified atom stereocenters. The summed E-state index contributed by atoms with van der Waals surface area (Å²) >= 11 is 0. The van der Waals surface area contributed by atoms with E-state index in [1.807, 2.05) is 24.3 Å². The third-order valence-electron chi connectivity index (χ3n) is 5.47. The molecule has 0 aromatic heterocycles. The average Bonchev–Trinajstić information content (AvgIpc) is 2.79. The van der Waals surface area contributed by atoms with E-state index in [1.54, 1.807) is 30.2 Å². The highest BCUT2D eigenvalue weighted by atomic mass is 16.5. The van der Waals surface area contributed by atoms with Crippen molar-refractivity contribution >= 4 is 23.5 Å². The predicted molar refractivity (Wildman–Crippen MR) is 122 cm³/mol. The second-order valence-corrected chi connectivity index (χ2v) is 8.81. The average molecular weight is 439 g/mol. The van der Waals surface area contributed by atoms with Gasteiger partial charge in [-0.2, -0.15) is 0 Å². The quantitative estimate of drug-likeness (QED) is 0.700. The van der Waals surface area contributed by atoms with Gasteiger partial charge in [0.05, 0.1) is 7.11 Å². The molecule has 170 valence electrons. The summed E-state index contributed by atoms with van der Waals surface area (Å²) in [5.74, 6) is -0.584. The highest BCUT2D eigenvalue weighted by Gasteiger charge is 2.24. The van der Waals surface area contributed by atoms with Crippen molar-refractivity contribution in [1.82, 2.24) is 5.32 Å². The maximum atomic E-state index is 12.6. The Morgan fingerprint density at radius 1 is 1.06 bits per heavy atom. The molecule has 0 aliphatic carbocycles. The van der Waals surface area contributed by atoms with Crippen LogP contribution in [0, 0.1) is 0 Å². The first-order chi connectivity index (χ1) is 15.2. The Bertz CT molecular complexity index is 992. The summed E-state index contributed by atoms with van der Waals surface area (Å²) < 4.78 is 10.3. The maximum Gasteiger partial charge on any atom is 0.325 e. The lowest BCUT2D eigenvalue weighted by Crippen LogP contribution is -2.39. The molecule has 1 N–H and O–H groups in total. The lowest BCUT2D eigenvalue weighted by atomic mass is 9.87. The summed E-state index contributed by atoms with van der Waals surface area (Å²) in [5.41, 5.74) is 3.41. The Balaban J connectivity index is 1.49. The number of methoxy groups -OCH3 is 1. The van der Waals surface area contributed by atoms with Gasteiger partial charge < -0.3 is 19.7 Å². The van der Waals surface area contributed by atoms with Crippen LogP contribution in [0.5, 0.6) is 5.75 Å². The number of anilines is 1. The standard InChI is InChI=1S/C25H30N2O5/c1-25(2,3)19-9-7-17(8-10-19)24(30)26-15-23(29)32-16-22(28)27-13-5-6-18-14-20(31-4)11-12-21(18)27/h7-12,14H,5-6,13,15-16H2,1-4H3,(H,26,30). The van der Waals surface area contributed by atoms with Crippen molar-refractivity contribution in [3.05, 3.63) is 59.2 Å². The number of fused-ring (bicyclic) bond motifs is 1. The number of nitrogens with one attached hydrogen (secondary N) is 1. The zero-order valence-corrected chi connectivity index (χ0v) is 19.1. The molecule has 0 saturated carbocycles. The molecule has 0 saturated heterocycles. The first-order valence-corrected chi connectivity index (χ1v) is 10.7. The molecule has 7 heteroatoms. The number of esters is 1. The zero-order valence-electron chi connectivity index (χ0n) is 19.1. The molecule has 0 fully saturated rings. The van der Waals surface area contributed by atoms with Crippen molar-refractivity contribution in [3.8, 4) is 5.75 Å². The summed E-state index contributed by atoms with van der Waals surface area (Å²) in [4.78, 5) is 38.6. The van der Waals surface area contributed by atoms with E-state index in [2.05, 4.69) is 26.1 Å². The molecule has 0 bridgehead atoms. The van der Waals surface area contributed by atoms with Crippen LogP contribution < -0.4 is 15.0 Å². The topological polar surface area (TPSA) is 84.9 Å². The van der Waals surface area contributed by atoms with Crippen molar-refractivity contribution in [2.24, 2.45) is 0 Å². The number of aryl methyl sites for hydroxylation is 1. The van der Waals surface area contributed by atoms with E-state index in [9.17, 15) is 14.4 Å². The molecule has 0 radical (unpaired) electrons. The van der Waals surface area contributed by atoms with E-state index in [1.165, 1.54) is 0 Å². The minimum atomic E-state index is -0.662. The van der Waals surface area contributed by atoms with E-state index in [4.69, 9.17) is 9.47 Å². The fraction of sp³-hybridized carbons (Fsp3) is 0.400. The van der Waals surface area contributed by atoms with Gasteiger partial charge in [0, 0.05) is 17.8 Å². The molecular formula is C25H30N2O5. The lowest BCUT2D eigenvalue weighted by Gasteiger charge is -2.29. The van der Waals surface area contributed by atoms with Gasteiger partial charge in [-0.25, -0.2) is 0 Å². The minimum absolute atomic E-state index is 0.00765. The van der Waals surface area contributed by atoms with Crippen LogP contribution in [-0.2, 0) is 26.2 Å². The molecule has 1 aliphatic rings. The molecular weight excluding hydrogens is 408 g/mol. The number of carbonyl (C=O) groups excluding carboxylic acids is 3. The fourth-order valence-electron chi connectivity index (χ4n) is 3.61. The second-order valence-electron chi connectivity index (χ2n) is 8.81. The monoisotopic (exact) mass is 438 g/mol. The summed E-state index contributed by atoms with van der Waals surface area (Å²) in [6, 6.07) is 12.8. The molecule has 1 aliphatic heterocycles. The molecule has 32 heavy (non-hydrogen) atoms. The molecule has 3 rings (SSSR count). The molecule has 0 spiro atoms. The van der Waals surface area contributed by atoms with Gasteiger partial charge in [-0.15, -0.1) is 0 Å². The Morgan fingerprint density at radius 3 is 2.44 bits per heavy atom. The number of benzene rings is 2. The summed E-state index contributed by atoms with van der Waals surface area (Å²) in [6.45, 7) is 6.18. The van der Waals surface area contributed by atoms with Crippen molar-refractivity contribution < 1.29 is 23.9 Å².